The van der Waals surface area contributed by atoms with Crippen molar-refractivity contribution < 1.29 is 9.53 Å². The highest BCUT2D eigenvalue weighted by Crippen LogP contribution is 2.28. The van der Waals surface area contributed by atoms with E-state index in [9.17, 15) is 4.79 Å². The maximum absolute atomic E-state index is 12.4. The molecule has 1 saturated heterocycles. The van der Waals surface area contributed by atoms with Crippen molar-refractivity contribution in [2.24, 2.45) is 0 Å². The maximum atomic E-state index is 12.4. The van der Waals surface area contributed by atoms with Gasteiger partial charge in [0.2, 0.25) is 0 Å². The summed E-state index contributed by atoms with van der Waals surface area (Å²) in [7, 11) is 0. The predicted molar refractivity (Wildman–Crippen MR) is 86.1 cm³/mol. The lowest BCUT2D eigenvalue weighted by atomic mass is 10.00. The van der Waals surface area contributed by atoms with Gasteiger partial charge in [0.15, 0.2) is 0 Å². The fourth-order valence-electron chi connectivity index (χ4n) is 3.32. The number of nitrogens with one attached hydrogen (secondary N) is 1. The molecule has 21 heavy (non-hydrogen) atoms. The third kappa shape index (κ3) is 3.67. The second-order valence-corrected chi connectivity index (χ2v) is 7.42. The fourth-order valence-corrected chi connectivity index (χ4v) is 4.48. The van der Waals surface area contributed by atoms with E-state index in [1.165, 1.54) is 36.1 Å². The Morgan fingerprint density at radius 3 is 2.86 bits per heavy atom. The van der Waals surface area contributed by atoms with Gasteiger partial charge in [-0.1, -0.05) is 12.8 Å². The molecule has 0 saturated carbocycles. The average molecular weight is 307 g/mol. The highest BCUT2D eigenvalue weighted by atomic mass is 32.1. The quantitative estimate of drug-likeness (QED) is 0.924. The summed E-state index contributed by atoms with van der Waals surface area (Å²) in [4.78, 5) is 14.8. The molecule has 1 aliphatic heterocycles. The SMILES string of the molecule is C[C@@H](NC(=O)c1cc2c(s1)CCCCCC2)[C@H]1CCCO1. The molecule has 3 nitrogen and oxygen atoms in total. The minimum atomic E-state index is 0.0785. The van der Waals surface area contributed by atoms with Gasteiger partial charge in [-0.05, 0) is 57.1 Å². The second-order valence-electron chi connectivity index (χ2n) is 6.29. The van der Waals surface area contributed by atoms with Crippen LogP contribution in [0.25, 0.3) is 0 Å². The lowest BCUT2D eigenvalue weighted by Gasteiger charge is -2.19. The summed E-state index contributed by atoms with van der Waals surface area (Å²) < 4.78 is 5.65. The predicted octanol–water partition coefficient (Wildman–Crippen LogP) is 3.70. The zero-order valence-corrected chi connectivity index (χ0v) is 13.6. The molecule has 0 radical (unpaired) electrons. The molecule has 0 spiro atoms. The average Bonchev–Trinajstić information content (AvgIpc) is 3.08. The standard InChI is InChI=1S/C17H25NO2S/c1-12(14-8-6-10-20-14)18-17(19)16-11-13-7-4-2-3-5-9-15(13)21-16/h11-12,14H,2-10H2,1H3,(H,18,19)/t12-,14-/m1/s1. The Balaban J connectivity index is 1.65. The molecule has 0 aromatic carbocycles. The molecule has 1 N–H and O–H groups in total. The first-order chi connectivity index (χ1) is 10.2. The molecule has 0 unspecified atom stereocenters. The van der Waals surface area contributed by atoms with Gasteiger partial charge >= 0.3 is 0 Å². The number of hydrogen-bond donors (Lipinski definition) is 1. The van der Waals surface area contributed by atoms with Gasteiger partial charge in [0.25, 0.3) is 5.91 Å². The van der Waals surface area contributed by atoms with Crippen molar-refractivity contribution in [3.05, 3.63) is 21.4 Å². The Bertz CT molecular complexity index is 465. The van der Waals surface area contributed by atoms with Gasteiger partial charge < -0.3 is 10.1 Å². The van der Waals surface area contributed by atoms with Crippen LogP contribution in [-0.2, 0) is 17.6 Å². The Kier molecular flexibility index (Phi) is 4.96. The maximum Gasteiger partial charge on any atom is 0.261 e. The zero-order valence-electron chi connectivity index (χ0n) is 12.8. The van der Waals surface area contributed by atoms with E-state index < -0.39 is 0 Å². The highest BCUT2D eigenvalue weighted by Gasteiger charge is 2.25. The molecule has 116 valence electrons. The number of aryl methyl sites for hydroxylation is 2. The van der Waals surface area contributed by atoms with Crippen LogP contribution >= 0.6 is 11.3 Å². The van der Waals surface area contributed by atoms with E-state index in [2.05, 4.69) is 18.3 Å². The molecule has 3 rings (SSSR count). The third-order valence-electron chi connectivity index (χ3n) is 4.60. The smallest absolute Gasteiger partial charge is 0.261 e. The molecular weight excluding hydrogens is 282 g/mol. The van der Waals surface area contributed by atoms with Crippen LogP contribution in [-0.4, -0.2) is 24.7 Å². The minimum Gasteiger partial charge on any atom is -0.376 e. The fraction of sp³-hybridized carbons (Fsp3) is 0.706. The largest absolute Gasteiger partial charge is 0.376 e. The Hall–Kier alpha value is -0.870. The highest BCUT2D eigenvalue weighted by molar-refractivity contribution is 7.14. The number of hydrogen-bond acceptors (Lipinski definition) is 3. The van der Waals surface area contributed by atoms with Crippen LogP contribution < -0.4 is 5.32 Å². The van der Waals surface area contributed by atoms with Crippen molar-refractivity contribution >= 4 is 17.2 Å². The summed E-state index contributed by atoms with van der Waals surface area (Å²) in [6.45, 7) is 2.88. The molecule has 1 aromatic heterocycles. The van der Waals surface area contributed by atoms with E-state index in [1.807, 2.05) is 0 Å². The van der Waals surface area contributed by atoms with Gasteiger partial charge in [-0.3, -0.25) is 4.79 Å². The lowest BCUT2D eigenvalue weighted by molar-refractivity contribution is 0.0714. The van der Waals surface area contributed by atoms with Crippen molar-refractivity contribution in [1.82, 2.24) is 5.32 Å². The second kappa shape index (κ2) is 6.93. The molecule has 1 fully saturated rings. The summed E-state index contributed by atoms with van der Waals surface area (Å²) in [5, 5.41) is 3.12. The first kappa shape index (κ1) is 15.0. The monoisotopic (exact) mass is 307 g/mol. The first-order valence-corrected chi connectivity index (χ1v) is 9.10. The van der Waals surface area contributed by atoms with Crippen LogP contribution in [0.4, 0.5) is 0 Å². The van der Waals surface area contributed by atoms with E-state index in [0.717, 1.165) is 37.2 Å². The lowest BCUT2D eigenvalue weighted by Crippen LogP contribution is -2.40. The van der Waals surface area contributed by atoms with Gasteiger partial charge in [-0.25, -0.2) is 0 Å². The number of thiophene rings is 1. The Labute approximate surface area is 131 Å². The minimum absolute atomic E-state index is 0.0785. The topological polar surface area (TPSA) is 38.3 Å². The Morgan fingerprint density at radius 1 is 1.29 bits per heavy atom. The van der Waals surface area contributed by atoms with Crippen LogP contribution in [0.15, 0.2) is 6.07 Å². The van der Waals surface area contributed by atoms with E-state index in [-0.39, 0.29) is 18.1 Å². The van der Waals surface area contributed by atoms with Crippen LogP contribution in [0.3, 0.4) is 0 Å². The molecule has 0 bridgehead atoms. The van der Waals surface area contributed by atoms with Gasteiger partial charge in [-0.2, -0.15) is 0 Å². The van der Waals surface area contributed by atoms with Crippen molar-refractivity contribution in [3.63, 3.8) is 0 Å². The van der Waals surface area contributed by atoms with E-state index >= 15 is 0 Å². The summed E-state index contributed by atoms with van der Waals surface area (Å²) in [5.74, 6) is 0.0785. The number of ether oxygens (including phenoxy) is 1. The van der Waals surface area contributed by atoms with Crippen LogP contribution in [0.1, 0.15) is 65.6 Å². The molecule has 2 heterocycles. The number of carbonyl (C=O) groups is 1. The molecule has 2 atom stereocenters. The zero-order chi connectivity index (χ0) is 14.7. The summed E-state index contributed by atoms with van der Waals surface area (Å²) in [5.41, 5.74) is 1.41. The van der Waals surface area contributed by atoms with Crippen LogP contribution in [0.5, 0.6) is 0 Å². The molecule has 1 aliphatic carbocycles. The molecular formula is C17H25NO2S. The van der Waals surface area contributed by atoms with E-state index in [0.29, 0.717) is 0 Å². The van der Waals surface area contributed by atoms with Crippen LogP contribution in [0, 0.1) is 0 Å². The molecule has 1 aromatic rings. The number of amides is 1. The van der Waals surface area contributed by atoms with E-state index in [1.54, 1.807) is 11.3 Å². The number of carbonyl (C=O) groups excluding carboxylic acids is 1. The van der Waals surface area contributed by atoms with Crippen molar-refractivity contribution in [2.45, 2.75) is 70.4 Å². The van der Waals surface area contributed by atoms with Crippen molar-refractivity contribution in [3.8, 4) is 0 Å². The van der Waals surface area contributed by atoms with Gasteiger partial charge in [0.1, 0.15) is 0 Å². The van der Waals surface area contributed by atoms with Gasteiger partial charge in [-0.15, -0.1) is 11.3 Å². The third-order valence-corrected chi connectivity index (χ3v) is 5.84. The van der Waals surface area contributed by atoms with Gasteiger partial charge in [0, 0.05) is 11.5 Å². The summed E-state index contributed by atoms with van der Waals surface area (Å²) in [6.07, 6.45) is 9.82. The molecule has 1 amide bonds. The number of fused-ring (bicyclic) bond motifs is 1. The normalized spacial score (nSPS) is 24.0. The molecule has 2 aliphatic rings. The van der Waals surface area contributed by atoms with Crippen molar-refractivity contribution in [2.75, 3.05) is 6.61 Å². The van der Waals surface area contributed by atoms with E-state index in [4.69, 9.17) is 4.74 Å². The van der Waals surface area contributed by atoms with Gasteiger partial charge in [0.05, 0.1) is 17.0 Å². The van der Waals surface area contributed by atoms with Crippen LogP contribution in [0.2, 0.25) is 0 Å². The number of rotatable bonds is 3. The first-order valence-electron chi connectivity index (χ1n) is 8.28. The van der Waals surface area contributed by atoms with Crippen molar-refractivity contribution in [1.29, 1.82) is 0 Å². The molecule has 4 heteroatoms. The summed E-state index contributed by atoms with van der Waals surface area (Å²) >= 11 is 1.70. The summed E-state index contributed by atoms with van der Waals surface area (Å²) in [6, 6.07) is 2.23. The Morgan fingerprint density at radius 2 is 2.10 bits per heavy atom.